The molecule has 0 N–H and O–H groups in total. The molecule has 3 heterocycles. The van der Waals surface area contributed by atoms with Crippen LogP contribution in [0.25, 0.3) is 0 Å². The molecule has 106 valence electrons. The number of piperidine rings is 1. The molecule has 5 nitrogen and oxygen atoms in total. The van der Waals surface area contributed by atoms with Gasteiger partial charge in [-0.3, -0.25) is 4.79 Å². The van der Waals surface area contributed by atoms with Crippen molar-refractivity contribution in [2.75, 3.05) is 13.1 Å². The first-order valence-corrected chi connectivity index (χ1v) is 7.66. The molecule has 0 spiro atoms. The molecule has 0 unspecified atom stereocenters. The van der Waals surface area contributed by atoms with E-state index in [1.54, 1.807) is 17.7 Å². The van der Waals surface area contributed by atoms with E-state index in [4.69, 9.17) is 0 Å². The van der Waals surface area contributed by atoms with Crippen molar-refractivity contribution in [2.24, 2.45) is 7.05 Å². The van der Waals surface area contributed by atoms with Gasteiger partial charge in [-0.2, -0.15) is 0 Å². The van der Waals surface area contributed by atoms with E-state index in [-0.39, 0.29) is 5.91 Å². The molecule has 3 rings (SSSR count). The quantitative estimate of drug-likeness (QED) is 0.852. The number of amides is 1. The number of aromatic nitrogens is 3. The summed E-state index contributed by atoms with van der Waals surface area (Å²) in [5, 5.41) is 8.13. The number of aryl methyl sites for hydroxylation is 2. The largest absolute Gasteiger partial charge is 0.337 e. The third-order valence-electron chi connectivity index (χ3n) is 3.77. The predicted octanol–water partition coefficient (Wildman–Crippen LogP) is 2.20. The predicted molar refractivity (Wildman–Crippen MR) is 77.9 cm³/mol. The molecule has 0 aliphatic carbocycles. The van der Waals surface area contributed by atoms with Crippen LogP contribution in [0, 0.1) is 6.92 Å². The van der Waals surface area contributed by atoms with Crippen LogP contribution >= 0.6 is 11.3 Å². The summed E-state index contributed by atoms with van der Waals surface area (Å²) in [6.45, 7) is 3.60. The van der Waals surface area contributed by atoms with Crippen LogP contribution in [0.2, 0.25) is 0 Å². The lowest BCUT2D eigenvalue weighted by atomic mass is 9.97. The lowest BCUT2D eigenvalue weighted by molar-refractivity contribution is 0.0708. The summed E-state index contributed by atoms with van der Waals surface area (Å²) in [7, 11) is 1.96. The van der Waals surface area contributed by atoms with E-state index in [0.29, 0.717) is 5.92 Å². The Kier molecular flexibility index (Phi) is 3.56. The zero-order valence-electron chi connectivity index (χ0n) is 11.7. The molecule has 1 amide bonds. The van der Waals surface area contributed by atoms with Gasteiger partial charge < -0.3 is 9.47 Å². The molecule has 0 bridgehead atoms. The summed E-state index contributed by atoms with van der Waals surface area (Å²) in [5.74, 6) is 1.42. The van der Waals surface area contributed by atoms with Gasteiger partial charge in [-0.15, -0.1) is 21.5 Å². The summed E-state index contributed by atoms with van der Waals surface area (Å²) < 4.78 is 1.95. The van der Waals surface area contributed by atoms with Gasteiger partial charge in [0, 0.05) is 30.9 Å². The number of rotatable bonds is 2. The smallest absolute Gasteiger partial charge is 0.263 e. The first-order valence-electron chi connectivity index (χ1n) is 6.85. The van der Waals surface area contributed by atoms with Crippen LogP contribution < -0.4 is 0 Å². The monoisotopic (exact) mass is 290 g/mol. The summed E-state index contributed by atoms with van der Waals surface area (Å²) in [6.07, 6.45) is 3.81. The summed E-state index contributed by atoms with van der Waals surface area (Å²) in [5.41, 5.74) is 0. The second-order valence-electron chi connectivity index (χ2n) is 5.30. The fraction of sp³-hybridized carbons (Fsp3) is 0.500. The van der Waals surface area contributed by atoms with Gasteiger partial charge in [-0.05, 0) is 31.9 Å². The van der Waals surface area contributed by atoms with Crippen LogP contribution in [0.5, 0.6) is 0 Å². The molecule has 1 saturated heterocycles. The maximum atomic E-state index is 12.5. The molecule has 2 aromatic rings. The van der Waals surface area contributed by atoms with Gasteiger partial charge in [0.15, 0.2) is 0 Å². The van der Waals surface area contributed by atoms with Crippen LogP contribution in [-0.2, 0) is 7.05 Å². The Balaban J connectivity index is 1.75. The molecule has 0 radical (unpaired) electrons. The zero-order chi connectivity index (χ0) is 14.1. The van der Waals surface area contributed by atoms with Gasteiger partial charge >= 0.3 is 0 Å². The van der Waals surface area contributed by atoms with Gasteiger partial charge in [0.1, 0.15) is 12.2 Å². The van der Waals surface area contributed by atoms with E-state index >= 15 is 0 Å². The van der Waals surface area contributed by atoms with Crippen molar-refractivity contribution in [2.45, 2.75) is 25.7 Å². The second kappa shape index (κ2) is 5.36. The van der Waals surface area contributed by atoms with Crippen LogP contribution in [0.4, 0.5) is 0 Å². The SMILES string of the molecule is Cc1ccc(C(=O)N2CCC[C@H](c3nncn3C)C2)s1. The van der Waals surface area contributed by atoms with Crippen molar-refractivity contribution in [3.05, 3.63) is 34.0 Å². The van der Waals surface area contributed by atoms with E-state index in [0.717, 1.165) is 36.6 Å². The van der Waals surface area contributed by atoms with Crippen LogP contribution in [0.1, 0.15) is 39.1 Å². The zero-order valence-corrected chi connectivity index (χ0v) is 12.6. The highest BCUT2D eigenvalue weighted by Gasteiger charge is 2.28. The first kappa shape index (κ1) is 13.3. The molecular formula is C14H18N4OS. The highest BCUT2D eigenvalue weighted by molar-refractivity contribution is 7.13. The van der Waals surface area contributed by atoms with Gasteiger partial charge in [0.05, 0.1) is 4.88 Å². The van der Waals surface area contributed by atoms with E-state index in [1.807, 2.05) is 35.6 Å². The summed E-state index contributed by atoms with van der Waals surface area (Å²) >= 11 is 1.57. The van der Waals surface area contributed by atoms with Crippen molar-refractivity contribution >= 4 is 17.2 Å². The third kappa shape index (κ3) is 2.47. The highest BCUT2D eigenvalue weighted by Crippen LogP contribution is 2.27. The normalized spacial score (nSPS) is 19.3. The average Bonchev–Trinajstić information content (AvgIpc) is 3.07. The Bertz CT molecular complexity index is 618. The number of hydrogen-bond donors (Lipinski definition) is 0. The minimum absolute atomic E-state index is 0.148. The highest BCUT2D eigenvalue weighted by atomic mass is 32.1. The number of thiophene rings is 1. The number of carbonyl (C=O) groups is 1. The van der Waals surface area contributed by atoms with Gasteiger partial charge in [-0.25, -0.2) is 0 Å². The minimum atomic E-state index is 0.148. The Hall–Kier alpha value is -1.69. The van der Waals surface area contributed by atoms with Gasteiger partial charge in [-0.1, -0.05) is 0 Å². The van der Waals surface area contributed by atoms with E-state index in [1.165, 1.54) is 4.88 Å². The van der Waals surface area contributed by atoms with Crippen LogP contribution in [0.15, 0.2) is 18.5 Å². The second-order valence-corrected chi connectivity index (χ2v) is 6.59. The molecule has 0 aromatic carbocycles. The number of likely N-dealkylation sites (tertiary alicyclic amines) is 1. The van der Waals surface area contributed by atoms with Crippen LogP contribution in [0.3, 0.4) is 0 Å². The number of carbonyl (C=O) groups excluding carboxylic acids is 1. The molecular weight excluding hydrogens is 272 g/mol. The van der Waals surface area contributed by atoms with Crippen molar-refractivity contribution in [3.8, 4) is 0 Å². The Morgan fingerprint density at radius 1 is 1.45 bits per heavy atom. The lowest BCUT2D eigenvalue weighted by Crippen LogP contribution is -2.39. The Morgan fingerprint density at radius 2 is 2.30 bits per heavy atom. The molecule has 1 aliphatic rings. The molecule has 6 heteroatoms. The van der Waals surface area contributed by atoms with Crippen LogP contribution in [-0.4, -0.2) is 38.7 Å². The summed E-state index contributed by atoms with van der Waals surface area (Å²) in [6, 6.07) is 3.93. The molecule has 1 fully saturated rings. The van der Waals surface area contributed by atoms with E-state index in [2.05, 4.69) is 10.2 Å². The fourth-order valence-corrected chi connectivity index (χ4v) is 3.57. The molecule has 2 aromatic heterocycles. The molecule has 0 saturated carbocycles. The van der Waals surface area contributed by atoms with Crippen molar-refractivity contribution in [1.82, 2.24) is 19.7 Å². The molecule has 1 atom stereocenters. The topological polar surface area (TPSA) is 51.0 Å². The van der Waals surface area contributed by atoms with Gasteiger partial charge in [0.25, 0.3) is 5.91 Å². The van der Waals surface area contributed by atoms with E-state index in [9.17, 15) is 4.79 Å². The van der Waals surface area contributed by atoms with Crippen molar-refractivity contribution < 1.29 is 4.79 Å². The Morgan fingerprint density at radius 3 is 2.95 bits per heavy atom. The number of hydrogen-bond acceptors (Lipinski definition) is 4. The van der Waals surface area contributed by atoms with Crippen molar-refractivity contribution in [1.29, 1.82) is 0 Å². The minimum Gasteiger partial charge on any atom is -0.337 e. The lowest BCUT2D eigenvalue weighted by Gasteiger charge is -2.31. The first-order chi connectivity index (χ1) is 9.65. The fourth-order valence-electron chi connectivity index (χ4n) is 2.74. The average molecular weight is 290 g/mol. The maximum Gasteiger partial charge on any atom is 0.263 e. The standard InChI is InChI=1S/C14H18N4OS/c1-10-5-6-12(20-10)14(19)18-7-3-4-11(8-18)13-16-15-9-17(13)2/h5-6,9,11H,3-4,7-8H2,1-2H3/t11-/m0/s1. The molecule has 20 heavy (non-hydrogen) atoms. The number of nitrogens with zero attached hydrogens (tertiary/aromatic N) is 4. The van der Waals surface area contributed by atoms with E-state index < -0.39 is 0 Å². The summed E-state index contributed by atoms with van der Waals surface area (Å²) in [4.78, 5) is 16.5. The Labute approximate surface area is 122 Å². The van der Waals surface area contributed by atoms with Gasteiger partial charge in [0.2, 0.25) is 0 Å². The van der Waals surface area contributed by atoms with Crippen molar-refractivity contribution in [3.63, 3.8) is 0 Å². The maximum absolute atomic E-state index is 12.5. The third-order valence-corrected chi connectivity index (χ3v) is 4.76. The molecule has 1 aliphatic heterocycles.